The Bertz CT molecular complexity index is 1840. The van der Waals surface area contributed by atoms with Crippen molar-refractivity contribution >= 4 is 45.3 Å². The molecule has 268 valence electrons. The number of benzene rings is 3. The van der Waals surface area contributed by atoms with Gasteiger partial charge in [-0.05, 0) is 73.4 Å². The molecule has 3 aromatic carbocycles. The summed E-state index contributed by atoms with van der Waals surface area (Å²) in [5, 5.41) is 11.0. The van der Waals surface area contributed by atoms with Crippen LogP contribution >= 0.6 is 23.2 Å². The first kappa shape index (κ1) is 36.4. The number of aliphatic imine (C=N–C) groups is 1. The van der Waals surface area contributed by atoms with Crippen LogP contribution in [0.2, 0.25) is 10.0 Å². The van der Waals surface area contributed by atoms with Gasteiger partial charge in [-0.25, -0.2) is 4.79 Å². The lowest BCUT2D eigenvalue weighted by molar-refractivity contribution is -0.137. The Balaban J connectivity index is 1.40. The second-order valence-electron chi connectivity index (χ2n) is 12.3. The molecule has 3 aliphatic heterocycles. The Kier molecular flexibility index (Phi) is 10.7. The second-order valence-corrected chi connectivity index (χ2v) is 15.1. The third kappa shape index (κ3) is 7.46. The average molecular weight is 755 g/mol. The summed E-state index contributed by atoms with van der Waals surface area (Å²) in [5.41, 5.74) is 0.638. The number of hydrogen-bond donors (Lipinski definition) is 1. The van der Waals surface area contributed by atoms with Crippen LogP contribution in [-0.4, -0.2) is 95.8 Å². The fourth-order valence-electron chi connectivity index (χ4n) is 6.57. The lowest BCUT2D eigenvalue weighted by Crippen LogP contribution is -2.58. The van der Waals surface area contributed by atoms with Gasteiger partial charge in [0.25, 0.3) is 10.2 Å². The van der Waals surface area contributed by atoms with Crippen molar-refractivity contribution in [3.05, 3.63) is 99.0 Å². The summed E-state index contributed by atoms with van der Waals surface area (Å²) in [6.07, 6.45) is -4.30. The fourth-order valence-corrected chi connectivity index (χ4v) is 8.49. The summed E-state index contributed by atoms with van der Waals surface area (Å²) in [5.74, 6) is 0.00884. The largest absolute Gasteiger partial charge is 0.493 e. The molecule has 0 spiro atoms. The van der Waals surface area contributed by atoms with Crippen molar-refractivity contribution in [2.24, 2.45) is 4.99 Å². The number of halogens is 5. The first-order valence-corrected chi connectivity index (χ1v) is 18.4. The highest BCUT2D eigenvalue weighted by atomic mass is 35.5. The molecular formula is C34H36Cl2F3N5O5S. The molecule has 10 nitrogen and oxygen atoms in total. The molecule has 6 rings (SSSR count). The van der Waals surface area contributed by atoms with E-state index >= 15 is 0 Å². The van der Waals surface area contributed by atoms with Crippen molar-refractivity contribution in [3.63, 3.8) is 0 Å². The smallest absolute Gasteiger partial charge is 0.416 e. The van der Waals surface area contributed by atoms with E-state index in [1.54, 1.807) is 55.5 Å². The van der Waals surface area contributed by atoms with E-state index in [4.69, 9.17) is 32.9 Å². The number of urea groups is 1. The van der Waals surface area contributed by atoms with Crippen LogP contribution in [0.1, 0.15) is 54.1 Å². The number of carbonyl (C=O) groups excluding carboxylic acids is 1. The molecule has 3 heterocycles. The highest BCUT2D eigenvalue weighted by molar-refractivity contribution is 7.86. The minimum atomic E-state index is -4.64. The maximum atomic E-state index is 14.8. The molecule has 0 aromatic heterocycles. The second kappa shape index (κ2) is 14.7. The predicted octanol–water partition coefficient (Wildman–Crippen LogP) is 6.39. The number of rotatable bonds is 7. The van der Waals surface area contributed by atoms with E-state index in [0.29, 0.717) is 40.6 Å². The van der Waals surface area contributed by atoms with Crippen molar-refractivity contribution < 1.29 is 36.2 Å². The number of piperidine rings is 1. The molecule has 0 bridgehead atoms. The topological polar surface area (TPSA) is 106 Å². The van der Waals surface area contributed by atoms with Gasteiger partial charge < -0.3 is 14.7 Å². The molecule has 3 aliphatic rings. The lowest BCUT2D eigenvalue weighted by Gasteiger charge is -2.40. The molecule has 16 heteroatoms. The molecule has 2 saturated heterocycles. The zero-order valence-corrected chi connectivity index (χ0v) is 29.4. The third-order valence-electron chi connectivity index (χ3n) is 9.07. The van der Waals surface area contributed by atoms with Crippen molar-refractivity contribution in [2.45, 2.75) is 44.1 Å². The van der Waals surface area contributed by atoms with Crippen LogP contribution in [0.15, 0.2) is 71.7 Å². The highest BCUT2D eigenvalue weighted by Crippen LogP contribution is 2.46. The quantitative estimate of drug-likeness (QED) is 0.301. The Hall–Kier alpha value is -3.40. The van der Waals surface area contributed by atoms with Crippen molar-refractivity contribution in [3.8, 4) is 5.75 Å². The van der Waals surface area contributed by atoms with Gasteiger partial charge >= 0.3 is 12.2 Å². The third-order valence-corrected chi connectivity index (χ3v) is 11.6. The number of ether oxygens (including phenoxy) is 1. The molecular weight excluding hydrogens is 718 g/mol. The highest BCUT2D eigenvalue weighted by Gasteiger charge is 2.46. The normalized spacial score (nSPS) is 22.5. The number of amides is 2. The van der Waals surface area contributed by atoms with E-state index in [0.717, 1.165) is 12.1 Å². The monoisotopic (exact) mass is 753 g/mol. The van der Waals surface area contributed by atoms with Crippen LogP contribution < -0.4 is 4.74 Å². The molecule has 3 unspecified atom stereocenters. The Morgan fingerprint density at radius 2 is 1.54 bits per heavy atom. The summed E-state index contributed by atoms with van der Waals surface area (Å²) in [6, 6.07) is 14.9. The van der Waals surface area contributed by atoms with Crippen molar-refractivity contribution in [2.75, 3.05) is 45.9 Å². The number of aliphatic hydroxyl groups excluding tert-OH is 1. The van der Waals surface area contributed by atoms with Crippen LogP contribution in [-0.2, 0) is 16.4 Å². The summed E-state index contributed by atoms with van der Waals surface area (Å²) in [7, 11) is -3.87. The Morgan fingerprint density at radius 3 is 2.12 bits per heavy atom. The SMILES string of the molecule is CCOc1cc(C(F)(F)F)ccc1C1=NC(c2ccc(Cl)cc2)C(c2ccc(Cl)cc2)N1C(=O)N1CCN(S(=O)(=O)N2CCCC(O)C2)CC1. The minimum Gasteiger partial charge on any atom is -0.493 e. The van der Waals surface area contributed by atoms with Crippen LogP contribution in [0.4, 0.5) is 18.0 Å². The number of piperazine rings is 1. The Morgan fingerprint density at radius 1 is 0.920 bits per heavy atom. The van der Waals surface area contributed by atoms with Gasteiger partial charge in [-0.1, -0.05) is 47.5 Å². The van der Waals surface area contributed by atoms with Crippen LogP contribution in [0.25, 0.3) is 0 Å². The Labute approximate surface area is 298 Å². The summed E-state index contributed by atoms with van der Waals surface area (Å²) < 4.78 is 76.6. The lowest BCUT2D eigenvalue weighted by atomic mass is 9.93. The van der Waals surface area contributed by atoms with E-state index in [9.17, 15) is 31.5 Å². The number of carbonyl (C=O) groups is 1. The summed E-state index contributed by atoms with van der Waals surface area (Å²) in [4.78, 5) is 22.7. The van der Waals surface area contributed by atoms with E-state index in [-0.39, 0.29) is 56.5 Å². The summed E-state index contributed by atoms with van der Waals surface area (Å²) >= 11 is 12.5. The molecule has 2 fully saturated rings. The van der Waals surface area contributed by atoms with Gasteiger partial charge in [0, 0.05) is 49.3 Å². The van der Waals surface area contributed by atoms with Crippen LogP contribution in [0, 0.1) is 0 Å². The number of β-amino-alcohol motifs (C(OH)–C–C–N with tert-alkyl or cyclic N) is 1. The standard InChI is InChI=1S/C34H36Cl2F3N5O5S/c1-2-49-29-20-24(34(37,38)39)9-14-28(29)32-40-30(22-5-10-25(35)11-6-22)31(23-7-12-26(36)13-8-23)44(32)33(46)41-16-18-42(19-17-41)50(47,48)43-15-3-4-27(45)21-43/h5-14,20,27,30-31,45H,2-4,15-19,21H2,1H3. The summed E-state index contributed by atoms with van der Waals surface area (Å²) in [6.45, 7) is 2.13. The molecule has 2 amide bonds. The first-order valence-electron chi connectivity index (χ1n) is 16.2. The van der Waals surface area contributed by atoms with Gasteiger partial charge in [-0.15, -0.1) is 0 Å². The van der Waals surface area contributed by atoms with Gasteiger partial charge in [0.05, 0.1) is 29.9 Å². The van der Waals surface area contributed by atoms with E-state index in [1.807, 2.05) is 0 Å². The number of nitrogens with zero attached hydrogens (tertiary/aromatic N) is 5. The zero-order valence-electron chi connectivity index (χ0n) is 27.1. The molecule has 0 radical (unpaired) electrons. The van der Waals surface area contributed by atoms with Crippen molar-refractivity contribution in [1.29, 1.82) is 0 Å². The first-order chi connectivity index (χ1) is 23.8. The molecule has 0 aliphatic carbocycles. The number of hydrogen-bond acceptors (Lipinski definition) is 6. The molecule has 50 heavy (non-hydrogen) atoms. The number of aliphatic hydroxyl groups is 1. The maximum absolute atomic E-state index is 14.8. The number of amidine groups is 1. The van der Waals surface area contributed by atoms with Gasteiger partial charge in [0.2, 0.25) is 0 Å². The molecule has 3 atom stereocenters. The predicted molar refractivity (Wildman–Crippen MR) is 184 cm³/mol. The van der Waals surface area contributed by atoms with Crippen molar-refractivity contribution in [1.82, 2.24) is 18.4 Å². The van der Waals surface area contributed by atoms with Crippen LogP contribution in [0.3, 0.4) is 0 Å². The molecule has 3 aromatic rings. The minimum absolute atomic E-state index is 0.0116. The van der Waals surface area contributed by atoms with E-state index in [2.05, 4.69) is 0 Å². The van der Waals surface area contributed by atoms with E-state index < -0.39 is 46.2 Å². The number of alkyl halides is 3. The van der Waals surface area contributed by atoms with Gasteiger partial charge in [0.15, 0.2) is 0 Å². The average Bonchev–Trinajstić information content (AvgIpc) is 3.48. The maximum Gasteiger partial charge on any atom is 0.416 e. The van der Waals surface area contributed by atoms with Crippen LogP contribution in [0.5, 0.6) is 5.75 Å². The van der Waals surface area contributed by atoms with E-state index in [1.165, 1.54) is 24.5 Å². The van der Waals surface area contributed by atoms with Gasteiger partial charge in [0.1, 0.15) is 17.6 Å². The zero-order chi connectivity index (χ0) is 35.8. The molecule has 1 N–H and O–H groups in total. The van der Waals surface area contributed by atoms with Gasteiger partial charge in [-0.3, -0.25) is 9.89 Å². The molecule has 0 saturated carbocycles. The fraction of sp³-hybridized carbons (Fsp3) is 0.412. The van der Waals surface area contributed by atoms with Gasteiger partial charge in [-0.2, -0.15) is 30.2 Å².